The maximum absolute atomic E-state index is 13.8. The van der Waals surface area contributed by atoms with Crippen LogP contribution in [0.5, 0.6) is 0 Å². The summed E-state index contributed by atoms with van der Waals surface area (Å²) in [7, 11) is 0. The molecule has 1 heterocycles. The summed E-state index contributed by atoms with van der Waals surface area (Å²) < 4.78 is 13.8. The smallest absolute Gasteiger partial charge is 0.222 e. The second-order valence-electron chi connectivity index (χ2n) is 4.61. The van der Waals surface area contributed by atoms with Crippen LogP contribution >= 0.6 is 0 Å². The summed E-state index contributed by atoms with van der Waals surface area (Å²) in [5, 5.41) is 9.15. The third-order valence-electron chi connectivity index (χ3n) is 3.37. The Morgan fingerprint density at radius 1 is 1.39 bits per heavy atom. The van der Waals surface area contributed by atoms with Gasteiger partial charge in [-0.25, -0.2) is 9.37 Å². The summed E-state index contributed by atoms with van der Waals surface area (Å²) in [6.07, 6.45) is 6.58. The number of hydrogen-bond acceptors (Lipinski definition) is 5. The number of halogens is 1. The van der Waals surface area contributed by atoms with Crippen molar-refractivity contribution in [2.45, 2.75) is 38.1 Å². The number of hydrogen-bond donors (Lipinski definition) is 2. The number of anilines is 2. The Bertz CT molecular complexity index is 396. The lowest BCUT2D eigenvalue weighted by Gasteiger charge is -2.34. The van der Waals surface area contributed by atoms with Gasteiger partial charge >= 0.3 is 0 Å². The van der Waals surface area contributed by atoms with Crippen molar-refractivity contribution in [1.29, 1.82) is 0 Å². The van der Waals surface area contributed by atoms with E-state index in [1.165, 1.54) is 6.42 Å². The Hall–Kier alpha value is -1.43. The molecule has 1 aromatic rings. The van der Waals surface area contributed by atoms with Gasteiger partial charge in [-0.1, -0.05) is 19.3 Å². The predicted octanol–water partition coefficient (Wildman–Crippen LogP) is 1.33. The van der Waals surface area contributed by atoms with Crippen LogP contribution in [0, 0.1) is 5.82 Å². The Morgan fingerprint density at radius 2 is 2.11 bits per heavy atom. The van der Waals surface area contributed by atoms with Crippen molar-refractivity contribution >= 4 is 11.8 Å². The lowest BCUT2D eigenvalue weighted by Crippen LogP contribution is -2.40. The number of rotatable bonds is 4. The van der Waals surface area contributed by atoms with Gasteiger partial charge in [0.25, 0.3) is 0 Å². The van der Waals surface area contributed by atoms with Gasteiger partial charge in [-0.3, -0.25) is 0 Å². The molecule has 0 bridgehead atoms. The fourth-order valence-corrected chi connectivity index (χ4v) is 2.53. The van der Waals surface area contributed by atoms with Gasteiger partial charge in [0.2, 0.25) is 5.95 Å². The molecule has 0 aliphatic heterocycles. The van der Waals surface area contributed by atoms with E-state index in [-0.39, 0.29) is 24.4 Å². The van der Waals surface area contributed by atoms with Crippen molar-refractivity contribution in [3.8, 4) is 0 Å². The highest BCUT2D eigenvalue weighted by atomic mass is 19.1. The first-order chi connectivity index (χ1) is 8.72. The van der Waals surface area contributed by atoms with Crippen molar-refractivity contribution in [2.24, 2.45) is 0 Å². The van der Waals surface area contributed by atoms with Gasteiger partial charge < -0.3 is 15.7 Å². The Kier molecular flexibility index (Phi) is 4.30. The molecule has 1 fully saturated rings. The van der Waals surface area contributed by atoms with E-state index in [0.29, 0.717) is 6.54 Å². The minimum atomic E-state index is -0.483. The summed E-state index contributed by atoms with van der Waals surface area (Å²) in [5.74, 6) is -0.211. The van der Waals surface area contributed by atoms with Gasteiger partial charge in [-0.05, 0) is 12.8 Å². The van der Waals surface area contributed by atoms with Crippen LogP contribution in [0.3, 0.4) is 0 Å². The predicted molar refractivity (Wildman–Crippen MR) is 67.7 cm³/mol. The molecule has 18 heavy (non-hydrogen) atoms. The van der Waals surface area contributed by atoms with Gasteiger partial charge in [0.05, 0.1) is 12.8 Å². The maximum Gasteiger partial charge on any atom is 0.222 e. The van der Waals surface area contributed by atoms with E-state index < -0.39 is 5.82 Å². The molecule has 6 heteroatoms. The lowest BCUT2D eigenvalue weighted by atomic mass is 9.94. The first-order valence-corrected chi connectivity index (χ1v) is 6.38. The summed E-state index contributed by atoms with van der Waals surface area (Å²) in [6, 6.07) is 0.231. The highest BCUT2D eigenvalue weighted by Gasteiger charge is 2.24. The average molecular weight is 254 g/mol. The van der Waals surface area contributed by atoms with Crippen molar-refractivity contribution in [3.63, 3.8) is 0 Å². The number of nitrogens with zero attached hydrogens (tertiary/aromatic N) is 3. The Balaban J connectivity index is 2.24. The monoisotopic (exact) mass is 254 g/mol. The number of aromatic nitrogens is 2. The first-order valence-electron chi connectivity index (χ1n) is 6.38. The number of aliphatic hydroxyl groups excluding tert-OH is 1. The largest absolute Gasteiger partial charge is 0.395 e. The molecule has 0 saturated heterocycles. The molecule has 1 aliphatic carbocycles. The van der Waals surface area contributed by atoms with Crippen LogP contribution in [-0.2, 0) is 0 Å². The van der Waals surface area contributed by atoms with Crippen LogP contribution in [0.2, 0.25) is 0 Å². The molecule has 100 valence electrons. The highest BCUT2D eigenvalue weighted by Crippen LogP contribution is 2.27. The third kappa shape index (κ3) is 2.87. The molecule has 0 aromatic carbocycles. The summed E-state index contributed by atoms with van der Waals surface area (Å²) in [4.78, 5) is 9.43. The molecule has 0 amide bonds. The molecule has 0 radical (unpaired) electrons. The Morgan fingerprint density at radius 3 is 2.78 bits per heavy atom. The van der Waals surface area contributed by atoms with Crippen molar-refractivity contribution in [1.82, 2.24) is 9.97 Å². The zero-order valence-electron chi connectivity index (χ0n) is 10.3. The van der Waals surface area contributed by atoms with Crippen molar-refractivity contribution in [3.05, 3.63) is 12.0 Å². The lowest BCUT2D eigenvalue weighted by molar-refractivity contribution is 0.288. The van der Waals surface area contributed by atoms with E-state index in [1.807, 2.05) is 4.90 Å². The second-order valence-corrected chi connectivity index (χ2v) is 4.61. The topological polar surface area (TPSA) is 75.3 Å². The first kappa shape index (κ1) is 13.0. The van der Waals surface area contributed by atoms with Gasteiger partial charge in [-0.15, -0.1) is 0 Å². The van der Waals surface area contributed by atoms with Gasteiger partial charge in [0.15, 0.2) is 11.6 Å². The molecule has 0 atom stereocenters. The number of nitrogen functional groups attached to an aromatic ring is 1. The van der Waals surface area contributed by atoms with E-state index in [9.17, 15) is 4.39 Å². The minimum Gasteiger partial charge on any atom is -0.395 e. The zero-order chi connectivity index (χ0) is 13.0. The quantitative estimate of drug-likeness (QED) is 0.847. The molecule has 0 unspecified atom stereocenters. The van der Waals surface area contributed by atoms with E-state index in [2.05, 4.69) is 9.97 Å². The molecule has 5 nitrogen and oxygen atoms in total. The standard InChI is InChI=1S/C12H19FN4O/c13-10-8-15-12(14)16-11(10)17(6-7-18)9-4-2-1-3-5-9/h8-9,18H,1-7H2,(H2,14,15,16). The summed E-state index contributed by atoms with van der Waals surface area (Å²) in [6.45, 7) is 0.345. The van der Waals surface area contributed by atoms with E-state index >= 15 is 0 Å². The van der Waals surface area contributed by atoms with Gasteiger partial charge in [0, 0.05) is 12.6 Å². The molecule has 3 N–H and O–H groups in total. The van der Waals surface area contributed by atoms with Crippen LogP contribution in [-0.4, -0.2) is 34.3 Å². The van der Waals surface area contributed by atoms with Gasteiger partial charge in [0.1, 0.15) is 0 Å². The number of nitrogens with two attached hydrogens (primary N) is 1. The van der Waals surface area contributed by atoms with E-state index in [4.69, 9.17) is 10.8 Å². The normalized spacial score (nSPS) is 16.8. The molecule has 1 aliphatic rings. The fourth-order valence-electron chi connectivity index (χ4n) is 2.53. The maximum atomic E-state index is 13.8. The molecule has 1 aromatic heterocycles. The van der Waals surface area contributed by atoms with Crippen LogP contribution in [0.15, 0.2) is 6.20 Å². The molecular formula is C12H19FN4O. The van der Waals surface area contributed by atoms with Crippen LogP contribution in [0.4, 0.5) is 16.2 Å². The van der Waals surface area contributed by atoms with Crippen molar-refractivity contribution < 1.29 is 9.50 Å². The molecule has 0 spiro atoms. The molecule has 1 saturated carbocycles. The fraction of sp³-hybridized carbons (Fsp3) is 0.667. The Labute approximate surface area is 106 Å². The SMILES string of the molecule is Nc1ncc(F)c(N(CCO)C2CCCCC2)n1. The van der Waals surface area contributed by atoms with Crippen molar-refractivity contribution in [2.75, 3.05) is 23.8 Å². The average Bonchev–Trinajstić information content (AvgIpc) is 2.40. The highest BCUT2D eigenvalue weighted by molar-refractivity contribution is 5.43. The summed E-state index contributed by atoms with van der Waals surface area (Å²) >= 11 is 0. The van der Waals surface area contributed by atoms with Crippen LogP contribution in [0.25, 0.3) is 0 Å². The molecule has 2 rings (SSSR count). The second kappa shape index (κ2) is 5.95. The van der Waals surface area contributed by atoms with Crippen LogP contribution < -0.4 is 10.6 Å². The van der Waals surface area contributed by atoms with Crippen LogP contribution in [0.1, 0.15) is 32.1 Å². The van der Waals surface area contributed by atoms with E-state index in [0.717, 1.165) is 31.9 Å². The minimum absolute atomic E-state index is 0.0279. The number of aliphatic hydroxyl groups is 1. The third-order valence-corrected chi connectivity index (χ3v) is 3.37. The molecular weight excluding hydrogens is 235 g/mol. The zero-order valence-corrected chi connectivity index (χ0v) is 10.3. The van der Waals surface area contributed by atoms with Gasteiger partial charge in [-0.2, -0.15) is 4.98 Å². The summed E-state index contributed by atoms with van der Waals surface area (Å²) in [5.41, 5.74) is 5.51. The van der Waals surface area contributed by atoms with E-state index in [1.54, 1.807) is 0 Å².